The molecule has 0 saturated carbocycles. The number of anilines is 1. The molecule has 21 heavy (non-hydrogen) atoms. The highest BCUT2D eigenvalue weighted by atomic mass is 16.3. The van der Waals surface area contributed by atoms with Crippen LogP contribution in [0.25, 0.3) is 0 Å². The lowest BCUT2D eigenvalue weighted by molar-refractivity contribution is -0.121. The van der Waals surface area contributed by atoms with Gasteiger partial charge in [-0.25, -0.2) is 0 Å². The molecule has 0 spiro atoms. The number of aliphatic hydroxyl groups is 1. The smallest absolute Gasteiger partial charge is 0.220 e. The van der Waals surface area contributed by atoms with Crippen molar-refractivity contribution in [2.24, 2.45) is 5.92 Å². The van der Waals surface area contributed by atoms with Gasteiger partial charge in [0.25, 0.3) is 0 Å². The number of aliphatic hydroxyl groups excluding tert-OH is 1. The number of hydrogen-bond donors (Lipinski definition) is 2. The fourth-order valence-electron chi connectivity index (χ4n) is 2.17. The number of nitrogens with zero attached hydrogens (tertiary/aromatic N) is 1. The van der Waals surface area contributed by atoms with Crippen LogP contribution in [0.5, 0.6) is 0 Å². The van der Waals surface area contributed by atoms with Gasteiger partial charge in [0.2, 0.25) is 5.91 Å². The van der Waals surface area contributed by atoms with Gasteiger partial charge in [0.15, 0.2) is 0 Å². The summed E-state index contributed by atoms with van der Waals surface area (Å²) >= 11 is 0. The summed E-state index contributed by atoms with van der Waals surface area (Å²) in [6.45, 7) is 4.46. The molecule has 0 aliphatic heterocycles. The largest absolute Gasteiger partial charge is 0.391 e. The molecule has 1 aromatic rings. The van der Waals surface area contributed by atoms with Crippen molar-refractivity contribution in [3.8, 4) is 0 Å². The third-order valence-corrected chi connectivity index (χ3v) is 3.37. The number of carbonyl (C=O) groups excluding carboxylic acids is 1. The number of nitrogens with one attached hydrogen (secondary N) is 1. The SMILES string of the molecule is CC(C)CC(O)CNC(=O)CCc1ccc(N(C)C)cc1. The molecule has 118 valence electrons. The van der Waals surface area contributed by atoms with E-state index in [2.05, 4.69) is 43.4 Å². The minimum atomic E-state index is -0.451. The molecule has 1 rings (SSSR count). The Morgan fingerprint density at radius 3 is 2.38 bits per heavy atom. The van der Waals surface area contributed by atoms with Crippen LogP contribution >= 0.6 is 0 Å². The molecule has 4 nitrogen and oxygen atoms in total. The molecule has 0 fully saturated rings. The first-order valence-corrected chi connectivity index (χ1v) is 7.59. The van der Waals surface area contributed by atoms with E-state index in [1.54, 1.807) is 0 Å². The zero-order valence-corrected chi connectivity index (χ0v) is 13.6. The average Bonchev–Trinajstić information content (AvgIpc) is 2.42. The van der Waals surface area contributed by atoms with E-state index >= 15 is 0 Å². The number of carbonyl (C=O) groups is 1. The van der Waals surface area contributed by atoms with Gasteiger partial charge in [0.1, 0.15) is 0 Å². The first kappa shape index (κ1) is 17.5. The number of aryl methyl sites for hydroxylation is 1. The molecule has 0 bridgehead atoms. The van der Waals surface area contributed by atoms with Gasteiger partial charge >= 0.3 is 0 Å². The zero-order valence-electron chi connectivity index (χ0n) is 13.6. The Hall–Kier alpha value is -1.55. The van der Waals surface area contributed by atoms with Crippen molar-refractivity contribution in [2.75, 3.05) is 25.5 Å². The predicted molar refractivity (Wildman–Crippen MR) is 87.6 cm³/mol. The topological polar surface area (TPSA) is 52.6 Å². The Labute approximate surface area is 128 Å². The van der Waals surface area contributed by atoms with Gasteiger partial charge in [-0.1, -0.05) is 26.0 Å². The molecule has 0 aliphatic carbocycles. The van der Waals surface area contributed by atoms with Gasteiger partial charge in [0.05, 0.1) is 6.10 Å². The summed E-state index contributed by atoms with van der Waals surface area (Å²) in [6, 6.07) is 8.21. The Bertz CT molecular complexity index is 427. The summed E-state index contributed by atoms with van der Waals surface area (Å²) in [7, 11) is 4.01. The van der Waals surface area contributed by atoms with Crippen LogP contribution in [-0.4, -0.2) is 37.8 Å². The Balaban J connectivity index is 2.29. The number of rotatable bonds is 8. The predicted octanol–water partition coefficient (Wildman–Crippen LogP) is 2.21. The van der Waals surface area contributed by atoms with Crippen LogP contribution in [0.15, 0.2) is 24.3 Å². The number of hydrogen-bond acceptors (Lipinski definition) is 3. The van der Waals surface area contributed by atoms with Crippen LogP contribution < -0.4 is 10.2 Å². The van der Waals surface area contributed by atoms with Crippen LogP contribution in [0, 0.1) is 5.92 Å². The van der Waals surface area contributed by atoms with E-state index in [1.807, 2.05) is 19.0 Å². The third kappa shape index (κ3) is 7.14. The molecular weight excluding hydrogens is 264 g/mol. The van der Waals surface area contributed by atoms with Gasteiger partial charge in [-0.2, -0.15) is 0 Å². The summed E-state index contributed by atoms with van der Waals surface area (Å²) < 4.78 is 0. The lowest BCUT2D eigenvalue weighted by atomic mass is 10.1. The molecule has 0 aromatic heterocycles. The molecular formula is C17H28N2O2. The van der Waals surface area contributed by atoms with Crippen LogP contribution in [0.4, 0.5) is 5.69 Å². The van der Waals surface area contributed by atoms with Gasteiger partial charge < -0.3 is 15.3 Å². The average molecular weight is 292 g/mol. The molecule has 1 unspecified atom stereocenters. The van der Waals surface area contributed by atoms with Crippen molar-refractivity contribution in [3.05, 3.63) is 29.8 Å². The second-order valence-electron chi connectivity index (χ2n) is 6.15. The van der Waals surface area contributed by atoms with Crippen molar-refractivity contribution in [2.45, 2.75) is 39.2 Å². The highest BCUT2D eigenvalue weighted by molar-refractivity contribution is 5.76. The molecule has 0 heterocycles. The lowest BCUT2D eigenvalue weighted by Crippen LogP contribution is -2.32. The van der Waals surface area contributed by atoms with E-state index < -0.39 is 6.10 Å². The first-order chi connectivity index (χ1) is 9.88. The summed E-state index contributed by atoms with van der Waals surface area (Å²) in [5.41, 5.74) is 2.30. The monoisotopic (exact) mass is 292 g/mol. The third-order valence-electron chi connectivity index (χ3n) is 3.37. The van der Waals surface area contributed by atoms with Crippen molar-refractivity contribution in [3.63, 3.8) is 0 Å². The second kappa shape index (κ2) is 8.67. The molecule has 0 radical (unpaired) electrons. The fraction of sp³-hybridized carbons (Fsp3) is 0.588. The summed E-state index contributed by atoms with van der Waals surface area (Å²) in [5, 5.41) is 12.5. The molecule has 1 atom stereocenters. The van der Waals surface area contributed by atoms with E-state index in [0.717, 1.165) is 17.7 Å². The van der Waals surface area contributed by atoms with E-state index in [9.17, 15) is 9.90 Å². The second-order valence-corrected chi connectivity index (χ2v) is 6.15. The van der Waals surface area contributed by atoms with Gasteiger partial charge in [-0.15, -0.1) is 0 Å². The van der Waals surface area contributed by atoms with E-state index in [-0.39, 0.29) is 5.91 Å². The maximum absolute atomic E-state index is 11.8. The summed E-state index contributed by atoms with van der Waals surface area (Å²) in [4.78, 5) is 13.8. The molecule has 1 aromatic carbocycles. The standard InChI is InChI=1S/C17H28N2O2/c1-13(2)11-16(20)12-18-17(21)10-7-14-5-8-15(9-6-14)19(3)4/h5-6,8-9,13,16,20H,7,10-12H2,1-4H3,(H,18,21). The van der Waals surface area contributed by atoms with Crippen molar-refractivity contribution in [1.82, 2.24) is 5.32 Å². The normalized spacial score (nSPS) is 12.3. The van der Waals surface area contributed by atoms with E-state index in [4.69, 9.17) is 0 Å². The summed E-state index contributed by atoms with van der Waals surface area (Å²) in [5.74, 6) is 0.432. The maximum Gasteiger partial charge on any atom is 0.220 e. The minimum Gasteiger partial charge on any atom is -0.391 e. The Kier molecular flexibility index (Phi) is 7.23. The zero-order chi connectivity index (χ0) is 15.8. The molecule has 0 saturated heterocycles. The van der Waals surface area contributed by atoms with Gasteiger partial charge in [-0.3, -0.25) is 4.79 Å². The first-order valence-electron chi connectivity index (χ1n) is 7.59. The van der Waals surface area contributed by atoms with Crippen LogP contribution in [0.3, 0.4) is 0 Å². The Morgan fingerprint density at radius 2 is 1.86 bits per heavy atom. The maximum atomic E-state index is 11.8. The number of amides is 1. The van der Waals surface area contributed by atoms with Crippen molar-refractivity contribution >= 4 is 11.6 Å². The highest BCUT2D eigenvalue weighted by Crippen LogP contribution is 2.13. The van der Waals surface area contributed by atoms with Crippen LogP contribution in [-0.2, 0) is 11.2 Å². The fourth-order valence-corrected chi connectivity index (χ4v) is 2.17. The number of benzene rings is 1. The summed E-state index contributed by atoms with van der Waals surface area (Å²) in [6.07, 6.45) is 1.44. The molecule has 2 N–H and O–H groups in total. The van der Waals surface area contributed by atoms with E-state index in [0.29, 0.717) is 25.3 Å². The van der Waals surface area contributed by atoms with Gasteiger partial charge in [-0.05, 0) is 36.5 Å². The van der Waals surface area contributed by atoms with Gasteiger partial charge in [0, 0.05) is 32.7 Å². The molecule has 1 amide bonds. The van der Waals surface area contributed by atoms with Crippen LogP contribution in [0.2, 0.25) is 0 Å². The lowest BCUT2D eigenvalue weighted by Gasteiger charge is -2.14. The quantitative estimate of drug-likeness (QED) is 0.772. The van der Waals surface area contributed by atoms with Crippen molar-refractivity contribution < 1.29 is 9.90 Å². The van der Waals surface area contributed by atoms with Crippen molar-refractivity contribution in [1.29, 1.82) is 0 Å². The molecule has 4 heteroatoms. The highest BCUT2D eigenvalue weighted by Gasteiger charge is 2.09. The van der Waals surface area contributed by atoms with E-state index in [1.165, 1.54) is 0 Å². The minimum absolute atomic E-state index is 0.00510. The van der Waals surface area contributed by atoms with Crippen LogP contribution in [0.1, 0.15) is 32.3 Å². The molecule has 0 aliphatic rings. The Morgan fingerprint density at radius 1 is 1.24 bits per heavy atom.